The van der Waals surface area contributed by atoms with Crippen molar-refractivity contribution in [3.63, 3.8) is 0 Å². The van der Waals surface area contributed by atoms with Crippen LogP contribution >= 0.6 is 0 Å². The maximum absolute atomic E-state index is 12.7. The summed E-state index contributed by atoms with van der Waals surface area (Å²) in [7, 11) is 2.02. The zero-order valence-corrected chi connectivity index (χ0v) is 23.6. The van der Waals surface area contributed by atoms with Crippen molar-refractivity contribution in [3.05, 3.63) is 35.9 Å². The first kappa shape index (κ1) is 27.2. The number of piperidine rings is 1. The van der Waals surface area contributed by atoms with E-state index in [1.165, 1.54) is 19.3 Å². The first-order valence-corrected chi connectivity index (χ1v) is 14.8. The lowest BCUT2D eigenvalue weighted by atomic mass is 9.46. The highest BCUT2D eigenvalue weighted by Gasteiger charge is 2.61. The van der Waals surface area contributed by atoms with Gasteiger partial charge in [0.15, 0.2) is 0 Å². The maximum Gasteiger partial charge on any atom is 0.306 e. The van der Waals surface area contributed by atoms with E-state index < -0.39 is 0 Å². The molecule has 0 N–H and O–H groups in total. The van der Waals surface area contributed by atoms with Crippen molar-refractivity contribution < 1.29 is 23.9 Å². The number of likely N-dealkylation sites (tertiary alicyclic amines) is 1. The minimum absolute atomic E-state index is 0.0450. The summed E-state index contributed by atoms with van der Waals surface area (Å²) in [6.07, 6.45) is 8.64. The minimum Gasteiger partial charge on any atom is -0.462 e. The summed E-state index contributed by atoms with van der Waals surface area (Å²) in [4.78, 5) is 39.3. The number of nitrogens with zero attached hydrogens (tertiary/aromatic N) is 1. The van der Waals surface area contributed by atoms with E-state index in [-0.39, 0.29) is 48.3 Å². The van der Waals surface area contributed by atoms with Crippen LogP contribution in [0.3, 0.4) is 0 Å². The third-order valence-corrected chi connectivity index (χ3v) is 11.3. The van der Waals surface area contributed by atoms with Crippen LogP contribution in [0, 0.1) is 34.5 Å². The largest absolute Gasteiger partial charge is 0.462 e. The quantitative estimate of drug-likeness (QED) is 0.415. The highest BCUT2D eigenvalue weighted by molar-refractivity contribution is 5.78. The average Bonchev–Trinajstić information content (AvgIpc) is 3.26. The number of carbonyl (C=O) groups excluding carboxylic acids is 3. The maximum atomic E-state index is 12.7. The molecule has 0 aromatic heterocycles. The first-order valence-electron chi connectivity index (χ1n) is 14.8. The molecule has 5 rings (SSSR count). The van der Waals surface area contributed by atoms with Gasteiger partial charge in [0.05, 0.1) is 12.8 Å². The van der Waals surface area contributed by atoms with Gasteiger partial charge in [-0.15, -0.1) is 0 Å². The molecule has 1 unspecified atom stereocenters. The Morgan fingerprint density at radius 2 is 1.66 bits per heavy atom. The molecule has 38 heavy (non-hydrogen) atoms. The Hall–Kier alpha value is -2.37. The van der Waals surface area contributed by atoms with Crippen LogP contribution in [-0.2, 0) is 30.5 Å². The Balaban J connectivity index is 1.15. The summed E-state index contributed by atoms with van der Waals surface area (Å²) in [6, 6.07) is 9.93. The lowest BCUT2D eigenvalue weighted by Gasteiger charge is -2.62. The summed E-state index contributed by atoms with van der Waals surface area (Å²) in [5.74, 6) is 2.01. The fraction of sp³-hybridized carbons (Fsp3) is 0.719. The molecule has 208 valence electrons. The molecule has 4 aliphatic rings. The third-order valence-electron chi connectivity index (χ3n) is 11.3. The Bertz CT molecular complexity index is 1040. The molecular formula is C32H45NO5. The van der Waals surface area contributed by atoms with Crippen LogP contribution in [0.1, 0.15) is 90.5 Å². The number of amides is 1. The Morgan fingerprint density at radius 1 is 0.947 bits per heavy atom. The predicted octanol–water partition coefficient (Wildman–Crippen LogP) is 5.92. The molecule has 0 spiro atoms. The van der Waals surface area contributed by atoms with Gasteiger partial charge in [-0.2, -0.15) is 0 Å². The molecule has 3 saturated carbocycles. The Morgan fingerprint density at radius 3 is 2.42 bits per heavy atom. The zero-order chi connectivity index (χ0) is 27.1. The topological polar surface area (TPSA) is 72.9 Å². The van der Waals surface area contributed by atoms with E-state index in [9.17, 15) is 14.4 Å². The van der Waals surface area contributed by atoms with E-state index in [1.807, 2.05) is 37.4 Å². The van der Waals surface area contributed by atoms with E-state index in [0.717, 1.165) is 31.2 Å². The fourth-order valence-electron chi connectivity index (χ4n) is 9.32. The van der Waals surface area contributed by atoms with E-state index in [0.29, 0.717) is 42.0 Å². The lowest BCUT2D eigenvalue weighted by molar-refractivity contribution is -0.165. The molecule has 1 aromatic rings. The lowest BCUT2D eigenvalue weighted by Crippen LogP contribution is -2.61. The molecule has 4 fully saturated rings. The van der Waals surface area contributed by atoms with Gasteiger partial charge in [-0.3, -0.25) is 14.4 Å². The van der Waals surface area contributed by atoms with Crippen molar-refractivity contribution in [1.29, 1.82) is 0 Å². The van der Waals surface area contributed by atoms with Crippen LogP contribution in [0.4, 0.5) is 0 Å². The van der Waals surface area contributed by atoms with Crippen LogP contribution in [0.25, 0.3) is 0 Å². The average molecular weight is 524 g/mol. The second-order valence-electron chi connectivity index (χ2n) is 13.1. The number of rotatable bonds is 7. The summed E-state index contributed by atoms with van der Waals surface area (Å²) in [6.45, 7) is 7.18. The number of benzene rings is 1. The molecule has 1 aromatic carbocycles. The second kappa shape index (κ2) is 10.7. The molecule has 6 nitrogen and oxygen atoms in total. The van der Waals surface area contributed by atoms with Gasteiger partial charge in [0.25, 0.3) is 0 Å². The smallest absolute Gasteiger partial charge is 0.306 e. The predicted molar refractivity (Wildman–Crippen MR) is 145 cm³/mol. The molecule has 3 aliphatic carbocycles. The van der Waals surface area contributed by atoms with Crippen LogP contribution in [-0.4, -0.2) is 41.9 Å². The van der Waals surface area contributed by atoms with E-state index in [1.54, 1.807) is 0 Å². The molecule has 1 heterocycles. The molecular weight excluding hydrogens is 478 g/mol. The van der Waals surface area contributed by atoms with Gasteiger partial charge in [-0.05, 0) is 86.0 Å². The van der Waals surface area contributed by atoms with Crippen LogP contribution in [0.2, 0.25) is 0 Å². The van der Waals surface area contributed by atoms with Crippen molar-refractivity contribution in [2.75, 3.05) is 7.05 Å². The normalized spacial score (nSPS) is 37.0. The van der Waals surface area contributed by atoms with Gasteiger partial charge in [0.2, 0.25) is 5.91 Å². The monoisotopic (exact) mass is 523 g/mol. The number of esters is 2. The molecule has 0 radical (unpaired) electrons. The van der Waals surface area contributed by atoms with Gasteiger partial charge in [-0.25, -0.2) is 0 Å². The molecule has 1 saturated heterocycles. The number of hydrogen-bond acceptors (Lipinski definition) is 5. The highest BCUT2D eigenvalue weighted by Crippen LogP contribution is 2.66. The molecule has 1 amide bonds. The van der Waals surface area contributed by atoms with E-state index in [4.69, 9.17) is 9.47 Å². The number of carbonyl (C=O) groups is 3. The molecule has 0 bridgehead atoms. The first-order chi connectivity index (χ1) is 18.1. The molecule has 6 heteroatoms. The molecule has 1 aliphatic heterocycles. The van der Waals surface area contributed by atoms with Gasteiger partial charge in [0, 0.05) is 25.4 Å². The standard InChI is InChI=1S/C32H45NO5/c1-21(38-30(36)15-14-29(35)37-20-22-8-6-5-7-9-22)24-11-12-25-23-10-13-27-32(3,19-17-28(34)33(27)4)26(23)16-18-31(24,25)2/h5-9,21,23-27H,10-20H2,1-4H3/t21?,23-,24+,25-,26-,27+,31+,32+/m0/s1. The van der Waals surface area contributed by atoms with Crippen LogP contribution in [0.15, 0.2) is 30.3 Å². The van der Waals surface area contributed by atoms with Crippen LogP contribution in [0.5, 0.6) is 0 Å². The van der Waals surface area contributed by atoms with Crippen molar-refractivity contribution in [1.82, 2.24) is 4.90 Å². The van der Waals surface area contributed by atoms with Crippen LogP contribution < -0.4 is 0 Å². The summed E-state index contributed by atoms with van der Waals surface area (Å²) >= 11 is 0. The van der Waals surface area contributed by atoms with Crippen molar-refractivity contribution in [2.24, 2.45) is 34.5 Å². The van der Waals surface area contributed by atoms with Gasteiger partial charge in [-0.1, -0.05) is 44.2 Å². The number of hydrogen-bond donors (Lipinski definition) is 0. The van der Waals surface area contributed by atoms with Gasteiger partial charge >= 0.3 is 11.9 Å². The van der Waals surface area contributed by atoms with Gasteiger partial charge in [0.1, 0.15) is 12.7 Å². The van der Waals surface area contributed by atoms with Crippen molar-refractivity contribution in [3.8, 4) is 0 Å². The SMILES string of the molecule is CC(OC(=O)CCC(=O)OCc1ccccc1)[C@H]1CC[C@H]2[C@@H]3CC[C@H]4N(C)C(=O)CC[C@]4(C)[C@H]3CC[C@]12C. The molecule has 8 atom stereocenters. The highest BCUT2D eigenvalue weighted by atomic mass is 16.5. The van der Waals surface area contributed by atoms with Gasteiger partial charge < -0.3 is 14.4 Å². The van der Waals surface area contributed by atoms with Crippen molar-refractivity contribution in [2.45, 2.75) is 104 Å². The van der Waals surface area contributed by atoms with E-state index in [2.05, 4.69) is 25.7 Å². The summed E-state index contributed by atoms with van der Waals surface area (Å²) < 4.78 is 11.2. The summed E-state index contributed by atoms with van der Waals surface area (Å²) in [5.41, 5.74) is 1.33. The third kappa shape index (κ3) is 4.88. The fourth-order valence-corrected chi connectivity index (χ4v) is 9.32. The minimum atomic E-state index is -0.371. The number of ether oxygens (including phenoxy) is 2. The summed E-state index contributed by atoms with van der Waals surface area (Å²) in [5, 5.41) is 0. The zero-order valence-electron chi connectivity index (χ0n) is 23.6. The Kier molecular flexibility index (Phi) is 7.63. The second-order valence-corrected chi connectivity index (χ2v) is 13.1. The van der Waals surface area contributed by atoms with Crippen molar-refractivity contribution >= 4 is 17.8 Å². The van der Waals surface area contributed by atoms with E-state index >= 15 is 0 Å². The Labute approximate surface area is 227 Å². The number of fused-ring (bicyclic) bond motifs is 5.